The first-order valence-corrected chi connectivity index (χ1v) is 11.5. The summed E-state index contributed by atoms with van der Waals surface area (Å²) < 4.78 is 8.18. The molecule has 2 aromatic heterocycles. The summed E-state index contributed by atoms with van der Waals surface area (Å²) in [6, 6.07) is 16.5. The number of thioether (sulfide) groups is 1. The number of hydrogen-bond donors (Lipinski definition) is 0. The molecule has 4 nitrogen and oxygen atoms in total. The van der Waals surface area contributed by atoms with Crippen LogP contribution in [0.4, 0.5) is 0 Å². The molecule has 0 bridgehead atoms. The smallest absolute Gasteiger partial charge is 0.220 e. The van der Waals surface area contributed by atoms with Crippen molar-refractivity contribution in [2.45, 2.75) is 24.8 Å². The molecule has 0 fully saturated rings. The molecule has 4 aromatic rings. The van der Waals surface area contributed by atoms with Crippen LogP contribution in [0.3, 0.4) is 0 Å². The predicted molar refractivity (Wildman–Crippen MR) is 121 cm³/mol. The van der Waals surface area contributed by atoms with Crippen molar-refractivity contribution in [3.8, 4) is 11.6 Å². The van der Waals surface area contributed by atoms with Crippen molar-refractivity contribution < 1.29 is 4.74 Å². The maximum atomic E-state index is 6.28. The molecule has 0 radical (unpaired) electrons. The average molecular weight is 434 g/mol. The van der Waals surface area contributed by atoms with Gasteiger partial charge in [-0.3, -0.25) is 0 Å². The fraction of sp³-hybridized carbons (Fsp3) is 0.250. The third-order valence-electron chi connectivity index (χ3n) is 6.14. The van der Waals surface area contributed by atoms with Gasteiger partial charge in [-0.15, -0.1) is 11.8 Å². The van der Waals surface area contributed by atoms with Crippen LogP contribution in [0.25, 0.3) is 16.6 Å². The quantitative estimate of drug-likeness (QED) is 0.372. The summed E-state index contributed by atoms with van der Waals surface area (Å²) in [7, 11) is 0. The Kier molecular flexibility index (Phi) is 4.12. The number of hydrogen-bond acceptors (Lipinski definition) is 4. The van der Waals surface area contributed by atoms with Crippen LogP contribution in [-0.2, 0) is 0 Å². The monoisotopic (exact) mass is 433 g/mol. The van der Waals surface area contributed by atoms with Crippen molar-refractivity contribution in [3.63, 3.8) is 0 Å². The summed E-state index contributed by atoms with van der Waals surface area (Å²) in [6.07, 6.45) is 0. The van der Waals surface area contributed by atoms with Crippen LogP contribution in [-0.4, -0.2) is 27.1 Å². The summed E-state index contributed by atoms with van der Waals surface area (Å²) in [5.41, 5.74) is 6.72. The molecular weight excluding hydrogens is 414 g/mol. The van der Waals surface area contributed by atoms with Gasteiger partial charge in [0.05, 0.1) is 23.5 Å². The van der Waals surface area contributed by atoms with Gasteiger partial charge in [-0.1, -0.05) is 35.9 Å². The van der Waals surface area contributed by atoms with E-state index >= 15 is 0 Å². The summed E-state index contributed by atoms with van der Waals surface area (Å²) >= 11 is 8.09. The SMILES string of the molecule is Cc1nn(-c2cccc(Cl)c2)c2c1[C@H]1c3cc4cccc(C)c4nc3SC[C@H]1CO2. The van der Waals surface area contributed by atoms with E-state index < -0.39 is 0 Å². The van der Waals surface area contributed by atoms with Crippen LogP contribution in [0, 0.1) is 19.8 Å². The van der Waals surface area contributed by atoms with Crippen molar-refractivity contribution in [1.82, 2.24) is 14.8 Å². The lowest BCUT2D eigenvalue weighted by atomic mass is 9.80. The molecule has 0 N–H and O–H groups in total. The molecule has 2 aromatic carbocycles. The van der Waals surface area contributed by atoms with Crippen molar-refractivity contribution in [2.75, 3.05) is 12.4 Å². The molecule has 0 amide bonds. The van der Waals surface area contributed by atoms with Gasteiger partial charge in [0.2, 0.25) is 5.88 Å². The summed E-state index contributed by atoms with van der Waals surface area (Å²) in [5.74, 6) is 2.49. The van der Waals surface area contributed by atoms with E-state index in [1.165, 1.54) is 22.1 Å². The van der Waals surface area contributed by atoms with E-state index in [0.29, 0.717) is 17.5 Å². The number of pyridine rings is 1. The maximum Gasteiger partial charge on any atom is 0.220 e. The minimum absolute atomic E-state index is 0.246. The Bertz CT molecular complexity index is 1320. The van der Waals surface area contributed by atoms with Gasteiger partial charge in [0.15, 0.2) is 0 Å². The van der Waals surface area contributed by atoms with Gasteiger partial charge in [-0.05, 0) is 49.2 Å². The molecule has 2 aliphatic heterocycles. The normalized spacial score (nSPS) is 19.7. The number of fused-ring (bicyclic) bond motifs is 6. The highest BCUT2D eigenvalue weighted by Crippen LogP contribution is 2.51. The van der Waals surface area contributed by atoms with E-state index in [2.05, 4.69) is 38.1 Å². The topological polar surface area (TPSA) is 39.9 Å². The van der Waals surface area contributed by atoms with Gasteiger partial charge < -0.3 is 4.74 Å². The molecule has 0 saturated heterocycles. The van der Waals surface area contributed by atoms with Crippen molar-refractivity contribution >= 4 is 34.3 Å². The number of benzene rings is 2. The molecule has 0 aliphatic carbocycles. The molecule has 150 valence electrons. The zero-order valence-corrected chi connectivity index (χ0v) is 18.3. The Hall–Kier alpha value is -2.50. The first kappa shape index (κ1) is 18.3. The third kappa shape index (κ3) is 2.69. The highest BCUT2D eigenvalue weighted by Gasteiger charge is 2.41. The molecule has 2 aliphatic rings. The first-order chi connectivity index (χ1) is 14.6. The standard InChI is InChI=1S/C24H20ClN3OS/c1-13-5-3-6-15-9-19-21-16(12-30-23(19)26-22(13)15)11-29-24-20(21)14(2)27-28(24)18-8-4-7-17(25)10-18/h3-10,16,21H,11-12H2,1-2H3/t16-,21-/m1/s1. The first-order valence-electron chi connectivity index (χ1n) is 10.1. The van der Waals surface area contributed by atoms with Crippen LogP contribution in [0.1, 0.15) is 28.3 Å². The minimum atomic E-state index is 0.246. The molecule has 0 spiro atoms. The molecule has 6 heteroatoms. The van der Waals surface area contributed by atoms with Crippen molar-refractivity contribution in [3.05, 3.63) is 75.9 Å². The van der Waals surface area contributed by atoms with Gasteiger partial charge in [-0.2, -0.15) is 5.10 Å². The van der Waals surface area contributed by atoms with Gasteiger partial charge in [0.25, 0.3) is 0 Å². The summed E-state index contributed by atoms with van der Waals surface area (Å²) in [4.78, 5) is 5.06. The van der Waals surface area contributed by atoms with Crippen LogP contribution in [0.2, 0.25) is 5.02 Å². The zero-order chi connectivity index (χ0) is 20.4. The average Bonchev–Trinajstić information content (AvgIpc) is 3.09. The Morgan fingerprint density at radius 3 is 2.87 bits per heavy atom. The van der Waals surface area contributed by atoms with E-state index in [1.54, 1.807) is 0 Å². The largest absolute Gasteiger partial charge is 0.477 e. The fourth-order valence-electron chi connectivity index (χ4n) is 4.74. The van der Waals surface area contributed by atoms with Gasteiger partial charge in [0.1, 0.15) is 5.03 Å². The third-order valence-corrected chi connectivity index (χ3v) is 7.57. The van der Waals surface area contributed by atoms with Gasteiger partial charge in [-0.25, -0.2) is 9.67 Å². The Morgan fingerprint density at radius 2 is 2.00 bits per heavy atom. The van der Waals surface area contributed by atoms with E-state index in [0.717, 1.165) is 33.6 Å². The molecule has 2 atom stereocenters. The molecule has 4 heterocycles. The van der Waals surface area contributed by atoms with Crippen LogP contribution in [0.5, 0.6) is 5.88 Å². The number of para-hydroxylation sites is 1. The molecule has 0 unspecified atom stereocenters. The highest BCUT2D eigenvalue weighted by molar-refractivity contribution is 7.99. The van der Waals surface area contributed by atoms with E-state index in [9.17, 15) is 0 Å². The van der Waals surface area contributed by atoms with Gasteiger partial charge >= 0.3 is 0 Å². The minimum Gasteiger partial charge on any atom is -0.477 e. The number of aryl methyl sites for hydroxylation is 2. The number of halogens is 1. The van der Waals surface area contributed by atoms with E-state index in [-0.39, 0.29) is 5.92 Å². The van der Waals surface area contributed by atoms with E-state index in [1.807, 2.05) is 40.7 Å². The van der Waals surface area contributed by atoms with Crippen LogP contribution in [0.15, 0.2) is 53.6 Å². The molecule has 6 rings (SSSR count). The lowest BCUT2D eigenvalue weighted by Gasteiger charge is -2.36. The zero-order valence-electron chi connectivity index (χ0n) is 16.7. The van der Waals surface area contributed by atoms with Crippen LogP contribution < -0.4 is 4.74 Å². The number of aromatic nitrogens is 3. The summed E-state index contributed by atoms with van der Waals surface area (Å²) in [5, 5.41) is 7.88. The molecular formula is C24H20ClN3OS. The Labute approximate surface area is 184 Å². The Morgan fingerprint density at radius 1 is 1.13 bits per heavy atom. The second kappa shape index (κ2) is 6.76. The Balaban J connectivity index is 1.56. The number of nitrogens with zero attached hydrogens (tertiary/aromatic N) is 3. The molecule has 0 saturated carbocycles. The fourth-order valence-corrected chi connectivity index (χ4v) is 6.09. The van der Waals surface area contributed by atoms with E-state index in [4.69, 9.17) is 26.4 Å². The highest BCUT2D eigenvalue weighted by atomic mass is 35.5. The van der Waals surface area contributed by atoms with Crippen molar-refractivity contribution in [2.24, 2.45) is 5.92 Å². The second-order valence-corrected chi connectivity index (χ2v) is 9.53. The molecule has 30 heavy (non-hydrogen) atoms. The van der Waals surface area contributed by atoms with Gasteiger partial charge in [0, 0.05) is 33.6 Å². The lowest BCUT2D eigenvalue weighted by molar-refractivity contribution is 0.205. The predicted octanol–water partition coefficient (Wildman–Crippen LogP) is 5.94. The summed E-state index contributed by atoms with van der Waals surface area (Å²) in [6.45, 7) is 4.89. The van der Waals surface area contributed by atoms with Crippen LogP contribution >= 0.6 is 23.4 Å². The second-order valence-electron chi connectivity index (χ2n) is 8.09. The number of ether oxygens (including phenoxy) is 1. The number of rotatable bonds is 1. The maximum absolute atomic E-state index is 6.28. The lowest BCUT2D eigenvalue weighted by Crippen LogP contribution is -2.32. The van der Waals surface area contributed by atoms with Crippen molar-refractivity contribution in [1.29, 1.82) is 0 Å².